The zero-order valence-corrected chi connectivity index (χ0v) is 16.9. The Labute approximate surface area is 169 Å². The normalized spacial score (nSPS) is 14.3. The second-order valence-corrected chi connectivity index (χ2v) is 8.49. The average molecular weight is 417 g/mol. The molecule has 154 valence electrons. The molecular formula is C20H23N3O5S. The summed E-state index contributed by atoms with van der Waals surface area (Å²) >= 11 is 0. The fraction of sp³-hybridized carbons (Fsp3) is 0.300. The van der Waals surface area contributed by atoms with E-state index in [9.17, 15) is 18.0 Å². The number of carbonyl (C=O) groups excluding carboxylic acids is 2. The number of sulfonamides is 1. The molecule has 0 spiro atoms. The van der Waals surface area contributed by atoms with E-state index < -0.39 is 10.0 Å². The van der Waals surface area contributed by atoms with Crippen molar-refractivity contribution in [1.29, 1.82) is 0 Å². The third-order valence-corrected chi connectivity index (χ3v) is 4.99. The van der Waals surface area contributed by atoms with Crippen LogP contribution in [0.3, 0.4) is 0 Å². The molecular weight excluding hydrogens is 394 g/mol. The number of benzene rings is 2. The van der Waals surface area contributed by atoms with Gasteiger partial charge in [0.05, 0.1) is 19.5 Å². The van der Waals surface area contributed by atoms with Gasteiger partial charge in [-0.25, -0.2) is 8.42 Å². The number of carbonyl (C=O) groups is 2. The minimum atomic E-state index is -3.41. The number of amides is 2. The number of rotatable bonds is 6. The van der Waals surface area contributed by atoms with Gasteiger partial charge in [0, 0.05) is 36.4 Å². The van der Waals surface area contributed by atoms with Gasteiger partial charge in [0.1, 0.15) is 0 Å². The minimum Gasteiger partial charge on any atom is -0.378 e. The van der Waals surface area contributed by atoms with Crippen LogP contribution in [0.1, 0.15) is 26.3 Å². The van der Waals surface area contributed by atoms with E-state index in [0.717, 1.165) is 11.8 Å². The number of hydrogen-bond donors (Lipinski definition) is 2. The predicted molar refractivity (Wildman–Crippen MR) is 109 cm³/mol. The Balaban J connectivity index is 1.58. The maximum Gasteiger partial charge on any atom is 0.254 e. The predicted octanol–water partition coefficient (Wildman–Crippen LogP) is 1.46. The van der Waals surface area contributed by atoms with Gasteiger partial charge in [-0.05, 0) is 35.9 Å². The van der Waals surface area contributed by atoms with Crippen molar-refractivity contribution in [3.05, 3.63) is 65.2 Å². The van der Waals surface area contributed by atoms with Gasteiger partial charge < -0.3 is 15.0 Å². The average Bonchev–Trinajstić information content (AvgIpc) is 2.71. The molecule has 0 aliphatic carbocycles. The number of nitrogens with zero attached hydrogens (tertiary/aromatic N) is 1. The molecule has 0 unspecified atom stereocenters. The van der Waals surface area contributed by atoms with Gasteiger partial charge in [0.15, 0.2) is 0 Å². The van der Waals surface area contributed by atoms with Crippen molar-refractivity contribution in [1.82, 2.24) is 10.2 Å². The zero-order valence-electron chi connectivity index (χ0n) is 16.1. The molecule has 2 aromatic carbocycles. The van der Waals surface area contributed by atoms with Crippen LogP contribution in [0.5, 0.6) is 0 Å². The van der Waals surface area contributed by atoms with Gasteiger partial charge >= 0.3 is 0 Å². The molecule has 0 aromatic heterocycles. The molecule has 0 saturated carbocycles. The van der Waals surface area contributed by atoms with Gasteiger partial charge in [-0.15, -0.1) is 0 Å². The molecule has 0 bridgehead atoms. The Bertz CT molecular complexity index is 983. The standard InChI is InChI=1S/C20H23N3O5S/c1-29(26,27)22-18-4-2-3-17(13-18)19(24)21-14-15-5-7-16(8-6-15)20(25)23-9-11-28-12-10-23/h2-8,13,22H,9-12,14H2,1H3,(H,21,24). The molecule has 9 heteroatoms. The van der Waals surface area contributed by atoms with Gasteiger partial charge in [0.2, 0.25) is 10.0 Å². The van der Waals surface area contributed by atoms with Crippen LogP contribution < -0.4 is 10.0 Å². The first-order valence-electron chi connectivity index (χ1n) is 9.14. The molecule has 1 aliphatic heterocycles. The van der Waals surface area contributed by atoms with E-state index in [1.807, 2.05) is 0 Å². The minimum absolute atomic E-state index is 0.0286. The second kappa shape index (κ2) is 9.06. The third kappa shape index (κ3) is 6.03. The van der Waals surface area contributed by atoms with Crippen molar-refractivity contribution in [2.24, 2.45) is 0 Å². The van der Waals surface area contributed by atoms with Crippen LogP contribution in [-0.2, 0) is 21.3 Å². The van der Waals surface area contributed by atoms with E-state index in [4.69, 9.17) is 4.74 Å². The van der Waals surface area contributed by atoms with E-state index in [1.54, 1.807) is 47.4 Å². The van der Waals surface area contributed by atoms with Crippen LogP contribution in [0.4, 0.5) is 5.69 Å². The first kappa shape index (κ1) is 20.8. The molecule has 0 atom stereocenters. The molecule has 1 aliphatic rings. The molecule has 1 fully saturated rings. The fourth-order valence-electron chi connectivity index (χ4n) is 2.94. The summed E-state index contributed by atoms with van der Waals surface area (Å²) in [7, 11) is -3.41. The van der Waals surface area contributed by atoms with E-state index in [-0.39, 0.29) is 18.4 Å². The van der Waals surface area contributed by atoms with Crippen LogP contribution in [-0.4, -0.2) is 57.7 Å². The Morgan fingerprint density at radius 3 is 2.38 bits per heavy atom. The smallest absolute Gasteiger partial charge is 0.254 e. The van der Waals surface area contributed by atoms with Crippen LogP contribution >= 0.6 is 0 Å². The summed E-state index contributed by atoms with van der Waals surface area (Å²) in [6, 6.07) is 13.3. The summed E-state index contributed by atoms with van der Waals surface area (Å²) in [5.41, 5.74) is 2.12. The molecule has 1 heterocycles. The van der Waals surface area contributed by atoms with Crippen molar-refractivity contribution in [2.45, 2.75) is 6.54 Å². The van der Waals surface area contributed by atoms with Crippen molar-refractivity contribution in [3.8, 4) is 0 Å². The maximum absolute atomic E-state index is 12.4. The van der Waals surface area contributed by atoms with E-state index in [1.165, 1.54) is 6.07 Å². The number of morpholine rings is 1. The van der Waals surface area contributed by atoms with Crippen molar-refractivity contribution in [2.75, 3.05) is 37.3 Å². The summed E-state index contributed by atoms with van der Waals surface area (Å²) in [6.07, 6.45) is 1.05. The number of ether oxygens (including phenoxy) is 1. The highest BCUT2D eigenvalue weighted by molar-refractivity contribution is 7.92. The number of hydrogen-bond acceptors (Lipinski definition) is 5. The van der Waals surface area contributed by atoms with Gasteiger partial charge in [-0.2, -0.15) is 0 Å². The van der Waals surface area contributed by atoms with Gasteiger partial charge in [-0.3, -0.25) is 14.3 Å². The number of nitrogens with one attached hydrogen (secondary N) is 2. The zero-order chi connectivity index (χ0) is 20.9. The largest absolute Gasteiger partial charge is 0.378 e. The Morgan fingerprint density at radius 2 is 1.72 bits per heavy atom. The summed E-state index contributed by atoms with van der Waals surface area (Å²) in [6.45, 7) is 2.57. The maximum atomic E-state index is 12.4. The van der Waals surface area contributed by atoms with Crippen LogP contribution in [0, 0.1) is 0 Å². The van der Waals surface area contributed by atoms with Crippen molar-refractivity contribution < 1.29 is 22.7 Å². The lowest BCUT2D eigenvalue weighted by atomic mass is 10.1. The number of anilines is 1. The first-order chi connectivity index (χ1) is 13.8. The lowest BCUT2D eigenvalue weighted by molar-refractivity contribution is 0.0303. The summed E-state index contributed by atoms with van der Waals surface area (Å²) in [4.78, 5) is 26.6. The van der Waals surface area contributed by atoms with Crippen LogP contribution in [0.2, 0.25) is 0 Å². The van der Waals surface area contributed by atoms with E-state index in [2.05, 4.69) is 10.0 Å². The quantitative estimate of drug-likeness (QED) is 0.740. The highest BCUT2D eigenvalue weighted by Crippen LogP contribution is 2.13. The molecule has 2 aromatic rings. The van der Waals surface area contributed by atoms with Crippen LogP contribution in [0.15, 0.2) is 48.5 Å². The summed E-state index contributed by atoms with van der Waals surface area (Å²) < 4.78 is 30.2. The lowest BCUT2D eigenvalue weighted by Crippen LogP contribution is -2.40. The monoisotopic (exact) mass is 417 g/mol. The van der Waals surface area contributed by atoms with Gasteiger partial charge in [0.25, 0.3) is 11.8 Å². The fourth-order valence-corrected chi connectivity index (χ4v) is 3.49. The van der Waals surface area contributed by atoms with Crippen molar-refractivity contribution >= 4 is 27.5 Å². The molecule has 8 nitrogen and oxygen atoms in total. The van der Waals surface area contributed by atoms with E-state index >= 15 is 0 Å². The summed E-state index contributed by atoms with van der Waals surface area (Å²) in [5, 5.41) is 2.79. The molecule has 1 saturated heterocycles. The van der Waals surface area contributed by atoms with Crippen molar-refractivity contribution in [3.63, 3.8) is 0 Å². The highest BCUT2D eigenvalue weighted by Gasteiger charge is 2.18. The molecule has 0 radical (unpaired) electrons. The Hall–Kier alpha value is -2.91. The SMILES string of the molecule is CS(=O)(=O)Nc1cccc(C(=O)NCc2ccc(C(=O)N3CCOCC3)cc2)c1. The molecule has 2 N–H and O–H groups in total. The van der Waals surface area contributed by atoms with E-state index in [0.29, 0.717) is 43.1 Å². The Morgan fingerprint density at radius 1 is 1.03 bits per heavy atom. The molecule has 29 heavy (non-hydrogen) atoms. The lowest BCUT2D eigenvalue weighted by Gasteiger charge is -2.26. The molecule has 2 amide bonds. The summed E-state index contributed by atoms with van der Waals surface area (Å²) in [5.74, 6) is -0.352. The topological polar surface area (TPSA) is 105 Å². The first-order valence-corrected chi connectivity index (χ1v) is 11.0. The highest BCUT2D eigenvalue weighted by atomic mass is 32.2. The third-order valence-electron chi connectivity index (χ3n) is 4.38. The molecule has 3 rings (SSSR count). The van der Waals surface area contributed by atoms with Crippen LogP contribution in [0.25, 0.3) is 0 Å². The Kier molecular flexibility index (Phi) is 6.50. The second-order valence-electron chi connectivity index (χ2n) is 6.74. The van der Waals surface area contributed by atoms with Gasteiger partial charge in [-0.1, -0.05) is 18.2 Å².